The highest BCUT2D eigenvalue weighted by atomic mass is 79.9. The zero-order chi connectivity index (χ0) is 13.1. The van der Waals surface area contributed by atoms with Crippen molar-refractivity contribution in [2.75, 3.05) is 33.7 Å². The first kappa shape index (κ1) is 14.5. The molecule has 0 aliphatic carbocycles. The third-order valence-corrected chi connectivity index (χ3v) is 5.30. The highest BCUT2D eigenvalue weighted by Gasteiger charge is 2.24. The van der Waals surface area contributed by atoms with Gasteiger partial charge in [-0.15, -0.1) is 11.3 Å². The molecule has 1 aliphatic rings. The van der Waals surface area contributed by atoms with Crippen molar-refractivity contribution in [1.82, 2.24) is 9.80 Å². The summed E-state index contributed by atoms with van der Waals surface area (Å²) in [6.07, 6.45) is 1.38. The molecule has 1 N–H and O–H groups in total. The molecule has 0 amide bonds. The van der Waals surface area contributed by atoms with Gasteiger partial charge in [-0.2, -0.15) is 0 Å². The lowest BCUT2D eigenvalue weighted by Gasteiger charge is -2.38. The van der Waals surface area contributed by atoms with Gasteiger partial charge >= 0.3 is 0 Å². The average Bonchev–Trinajstić information content (AvgIpc) is 2.69. The Morgan fingerprint density at radius 1 is 1.50 bits per heavy atom. The molecule has 2 heterocycles. The zero-order valence-electron chi connectivity index (χ0n) is 11.0. The molecule has 2 rings (SSSR count). The maximum Gasteiger partial charge on any atom is 0.0603 e. The number of nitrogens with zero attached hydrogens (tertiary/aromatic N) is 2. The van der Waals surface area contributed by atoms with E-state index in [0.29, 0.717) is 6.04 Å². The van der Waals surface area contributed by atoms with Gasteiger partial charge < -0.3 is 14.9 Å². The molecule has 1 aromatic heterocycles. The Morgan fingerprint density at radius 2 is 2.28 bits per heavy atom. The molecule has 0 bridgehead atoms. The summed E-state index contributed by atoms with van der Waals surface area (Å²) in [5.74, 6) is 0. The van der Waals surface area contributed by atoms with Gasteiger partial charge in [-0.3, -0.25) is 0 Å². The molecule has 3 nitrogen and oxygen atoms in total. The molecule has 5 heteroatoms. The van der Waals surface area contributed by atoms with Gasteiger partial charge in [0.1, 0.15) is 0 Å². The fourth-order valence-electron chi connectivity index (χ4n) is 2.45. The molecule has 0 radical (unpaired) electrons. The summed E-state index contributed by atoms with van der Waals surface area (Å²) in [5.41, 5.74) is 0. The highest BCUT2D eigenvalue weighted by Crippen LogP contribution is 2.22. The van der Waals surface area contributed by atoms with Gasteiger partial charge in [0.2, 0.25) is 0 Å². The summed E-state index contributed by atoms with van der Waals surface area (Å²) in [6.45, 7) is 3.28. The van der Waals surface area contributed by atoms with E-state index >= 15 is 0 Å². The maximum atomic E-state index is 10.2. The molecule has 2 unspecified atom stereocenters. The molecule has 18 heavy (non-hydrogen) atoms. The van der Waals surface area contributed by atoms with Crippen LogP contribution < -0.4 is 0 Å². The fraction of sp³-hybridized carbons (Fsp3) is 0.692. The fourth-order valence-corrected chi connectivity index (χ4v) is 3.97. The number of hydrogen-bond donors (Lipinski definition) is 1. The minimum Gasteiger partial charge on any atom is -0.393 e. The quantitative estimate of drug-likeness (QED) is 0.914. The summed E-state index contributed by atoms with van der Waals surface area (Å²) in [6, 6.07) is 2.58. The molecule has 0 spiro atoms. The molecular formula is C13H21BrN2OS. The smallest absolute Gasteiger partial charge is 0.0603 e. The van der Waals surface area contributed by atoms with Crippen molar-refractivity contribution in [2.45, 2.75) is 25.0 Å². The Labute approximate surface area is 122 Å². The van der Waals surface area contributed by atoms with E-state index in [2.05, 4.69) is 51.3 Å². The van der Waals surface area contributed by atoms with Crippen LogP contribution in [-0.4, -0.2) is 60.8 Å². The predicted molar refractivity (Wildman–Crippen MR) is 80.3 cm³/mol. The minimum atomic E-state index is -0.241. The predicted octanol–water partition coefficient (Wildman–Crippen LogP) is 2.05. The van der Waals surface area contributed by atoms with Gasteiger partial charge in [0.25, 0.3) is 0 Å². The van der Waals surface area contributed by atoms with E-state index in [4.69, 9.17) is 0 Å². The van der Waals surface area contributed by atoms with Crippen molar-refractivity contribution in [2.24, 2.45) is 0 Å². The topological polar surface area (TPSA) is 26.7 Å². The largest absolute Gasteiger partial charge is 0.393 e. The molecule has 1 saturated heterocycles. The van der Waals surface area contributed by atoms with Crippen molar-refractivity contribution < 1.29 is 5.11 Å². The summed E-state index contributed by atoms with van der Waals surface area (Å²) < 4.78 is 1.12. The molecule has 0 aromatic carbocycles. The highest BCUT2D eigenvalue weighted by molar-refractivity contribution is 9.10. The maximum absolute atomic E-state index is 10.2. The van der Waals surface area contributed by atoms with Crippen LogP contribution in [0.15, 0.2) is 15.9 Å². The summed E-state index contributed by atoms with van der Waals surface area (Å²) >= 11 is 5.16. The molecule has 2 atom stereocenters. The lowest BCUT2D eigenvalue weighted by molar-refractivity contribution is 0.0641. The molecule has 102 valence electrons. The normalized spacial score (nSPS) is 24.3. The first-order valence-corrected chi connectivity index (χ1v) is 8.01. The summed E-state index contributed by atoms with van der Waals surface area (Å²) in [7, 11) is 4.31. The monoisotopic (exact) mass is 332 g/mol. The van der Waals surface area contributed by atoms with E-state index in [0.717, 1.165) is 36.9 Å². The Bertz CT molecular complexity index is 385. The van der Waals surface area contributed by atoms with Crippen LogP contribution in [0.4, 0.5) is 0 Å². The van der Waals surface area contributed by atoms with Gasteiger partial charge in [-0.25, -0.2) is 0 Å². The number of thiophene rings is 1. The Kier molecular flexibility index (Phi) is 5.21. The average molecular weight is 333 g/mol. The summed E-state index contributed by atoms with van der Waals surface area (Å²) in [4.78, 5) is 5.97. The number of rotatable bonds is 4. The summed E-state index contributed by atoms with van der Waals surface area (Å²) in [5, 5.41) is 12.3. The van der Waals surface area contributed by atoms with Crippen molar-refractivity contribution in [3.63, 3.8) is 0 Å². The van der Waals surface area contributed by atoms with Gasteiger partial charge in [0, 0.05) is 46.8 Å². The molecule has 1 aliphatic heterocycles. The number of halogens is 1. The second kappa shape index (κ2) is 6.48. The van der Waals surface area contributed by atoms with Crippen LogP contribution in [0.1, 0.15) is 11.3 Å². The van der Waals surface area contributed by atoms with E-state index in [-0.39, 0.29) is 6.10 Å². The van der Waals surface area contributed by atoms with Crippen LogP contribution in [0.5, 0.6) is 0 Å². The van der Waals surface area contributed by atoms with Crippen LogP contribution >= 0.6 is 27.3 Å². The lowest BCUT2D eigenvalue weighted by atomic mass is 10.0. The van der Waals surface area contributed by atoms with Crippen molar-refractivity contribution in [3.05, 3.63) is 20.8 Å². The van der Waals surface area contributed by atoms with Gasteiger partial charge in [0.15, 0.2) is 0 Å². The zero-order valence-corrected chi connectivity index (χ0v) is 13.4. The number of hydrogen-bond acceptors (Lipinski definition) is 4. The van der Waals surface area contributed by atoms with E-state index in [1.54, 1.807) is 11.3 Å². The van der Waals surface area contributed by atoms with Crippen molar-refractivity contribution in [1.29, 1.82) is 0 Å². The van der Waals surface area contributed by atoms with Gasteiger partial charge in [-0.1, -0.05) is 0 Å². The van der Waals surface area contributed by atoms with Crippen LogP contribution in [0, 0.1) is 0 Å². The van der Waals surface area contributed by atoms with Crippen LogP contribution in [0.25, 0.3) is 0 Å². The first-order chi connectivity index (χ1) is 8.54. The van der Waals surface area contributed by atoms with Crippen molar-refractivity contribution >= 4 is 27.3 Å². The van der Waals surface area contributed by atoms with Crippen LogP contribution in [0.3, 0.4) is 0 Å². The van der Waals surface area contributed by atoms with E-state index in [1.807, 2.05) is 0 Å². The third kappa shape index (κ3) is 4.03. The second-order valence-electron chi connectivity index (χ2n) is 5.22. The SMILES string of the molecule is CN1CCN(C)C(CC(O)Cc2cc(Br)cs2)C1. The molecule has 0 saturated carbocycles. The van der Waals surface area contributed by atoms with Crippen LogP contribution in [0.2, 0.25) is 0 Å². The number of piperazine rings is 1. The molecule has 1 fully saturated rings. The van der Waals surface area contributed by atoms with E-state index in [1.165, 1.54) is 4.88 Å². The van der Waals surface area contributed by atoms with E-state index in [9.17, 15) is 5.11 Å². The first-order valence-electron chi connectivity index (χ1n) is 6.34. The second-order valence-corrected chi connectivity index (χ2v) is 7.13. The molecular weight excluding hydrogens is 312 g/mol. The number of likely N-dealkylation sites (N-methyl/N-ethyl adjacent to an activating group) is 2. The third-order valence-electron chi connectivity index (χ3n) is 3.58. The minimum absolute atomic E-state index is 0.241. The number of aliphatic hydroxyl groups is 1. The lowest BCUT2D eigenvalue weighted by Crippen LogP contribution is -2.51. The Balaban J connectivity index is 1.84. The standard InChI is InChI=1S/C13H21BrN2OS/c1-15-3-4-16(2)11(8-15)6-12(17)7-13-5-10(14)9-18-13/h5,9,11-12,17H,3-4,6-8H2,1-2H3. The Hall–Kier alpha value is 0.0600. The van der Waals surface area contributed by atoms with Gasteiger partial charge in [-0.05, 0) is 42.5 Å². The van der Waals surface area contributed by atoms with Gasteiger partial charge in [0.05, 0.1) is 6.10 Å². The number of aliphatic hydroxyl groups excluding tert-OH is 1. The Morgan fingerprint density at radius 3 is 2.94 bits per heavy atom. The van der Waals surface area contributed by atoms with Crippen molar-refractivity contribution in [3.8, 4) is 0 Å². The van der Waals surface area contributed by atoms with E-state index < -0.39 is 0 Å². The van der Waals surface area contributed by atoms with Crippen LogP contribution in [-0.2, 0) is 6.42 Å². The molecule has 1 aromatic rings.